The van der Waals surface area contributed by atoms with E-state index < -0.39 is 4.92 Å². The zero-order valence-corrected chi connectivity index (χ0v) is 18.8. The molecule has 0 N–H and O–H groups in total. The fourth-order valence-corrected chi connectivity index (χ4v) is 4.82. The van der Waals surface area contributed by atoms with Crippen LogP contribution >= 0.6 is 11.3 Å². The van der Waals surface area contributed by atoms with Crippen molar-refractivity contribution in [3.63, 3.8) is 0 Å². The number of aromatic nitrogens is 1. The first-order valence-electron chi connectivity index (χ1n) is 10.8. The van der Waals surface area contributed by atoms with Gasteiger partial charge < -0.3 is 4.74 Å². The molecule has 0 aliphatic carbocycles. The zero-order valence-electron chi connectivity index (χ0n) is 18.0. The summed E-state index contributed by atoms with van der Waals surface area (Å²) in [7, 11) is 0. The molecule has 1 amide bonds. The number of thiazole rings is 1. The molecule has 0 spiro atoms. The first-order chi connectivity index (χ1) is 15.5. The van der Waals surface area contributed by atoms with Gasteiger partial charge in [-0.15, -0.1) is 0 Å². The summed E-state index contributed by atoms with van der Waals surface area (Å²) in [4.78, 5) is 32.9. The summed E-state index contributed by atoms with van der Waals surface area (Å²) < 4.78 is 6.44. The van der Waals surface area contributed by atoms with Gasteiger partial charge in [0, 0.05) is 43.9 Å². The molecular formula is C23H26N4O4S. The van der Waals surface area contributed by atoms with E-state index in [1.165, 1.54) is 29.0 Å². The molecule has 2 aromatic carbocycles. The molecule has 1 saturated heterocycles. The Kier molecular flexibility index (Phi) is 7.09. The van der Waals surface area contributed by atoms with E-state index in [1.807, 2.05) is 6.07 Å². The number of hydrogen-bond donors (Lipinski definition) is 0. The van der Waals surface area contributed by atoms with Crippen LogP contribution in [0, 0.1) is 10.1 Å². The first-order valence-corrected chi connectivity index (χ1v) is 11.6. The van der Waals surface area contributed by atoms with Gasteiger partial charge in [0.2, 0.25) is 0 Å². The molecule has 1 aromatic heterocycles. The van der Waals surface area contributed by atoms with Gasteiger partial charge in [-0.25, -0.2) is 4.98 Å². The Hall–Kier alpha value is -2.88. The van der Waals surface area contributed by atoms with Gasteiger partial charge in [0.1, 0.15) is 0 Å². The SMILES string of the molecule is CCc1ccc2nc(N(CCCN3CCOCC3)C(=O)c3cccc([N+](=O)[O-])c3)sc2c1. The quantitative estimate of drug-likeness (QED) is 0.376. The Labute approximate surface area is 190 Å². The number of ether oxygens (including phenoxy) is 1. The van der Waals surface area contributed by atoms with Gasteiger partial charge >= 0.3 is 0 Å². The van der Waals surface area contributed by atoms with Crippen molar-refractivity contribution in [2.75, 3.05) is 44.3 Å². The predicted octanol–water partition coefficient (Wildman–Crippen LogP) is 4.14. The van der Waals surface area contributed by atoms with Crippen LogP contribution < -0.4 is 4.90 Å². The van der Waals surface area contributed by atoms with Crippen molar-refractivity contribution in [1.82, 2.24) is 9.88 Å². The lowest BCUT2D eigenvalue weighted by Crippen LogP contribution is -2.39. The number of hydrogen-bond acceptors (Lipinski definition) is 7. The third-order valence-corrected chi connectivity index (χ3v) is 6.63. The van der Waals surface area contributed by atoms with E-state index >= 15 is 0 Å². The highest BCUT2D eigenvalue weighted by Crippen LogP contribution is 2.31. The highest BCUT2D eigenvalue weighted by Gasteiger charge is 2.23. The number of benzene rings is 2. The minimum atomic E-state index is -0.483. The molecule has 1 aliphatic rings. The van der Waals surface area contributed by atoms with Crippen LogP contribution in [0.3, 0.4) is 0 Å². The van der Waals surface area contributed by atoms with Gasteiger partial charge in [0.05, 0.1) is 28.4 Å². The minimum Gasteiger partial charge on any atom is -0.379 e. The Morgan fingerprint density at radius 2 is 2.06 bits per heavy atom. The van der Waals surface area contributed by atoms with Crippen LogP contribution in [-0.4, -0.2) is 60.1 Å². The average molecular weight is 455 g/mol. The van der Waals surface area contributed by atoms with Crippen LogP contribution in [0.2, 0.25) is 0 Å². The molecule has 0 bridgehead atoms. The van der Waals surface area contributed by atoms with Crippen molar-refractivity contribution in [2.45, 2.75) is 19.8 Å². The van der Waals surface area contributed by atoms with E-state index in [0.717, 1.165) is 55.9 Å². The Morgan fingerprint density at radius 1 is 1.25 bits per heavy atom. The Morgan fingerprint density at radius 3 is 2.81 bits per heavy atom. The van der Waals surface area contributed by atoms with E-state index in [1.54, 1.807) is 17.0 Å². The monoisotopic (exact) mass is 454 g/mol. The third kappa shape index (κ3) is 5.12. The lowest BCUT2D eigenvalue weighted by atomic mass is 10.1. The maximum atomic E-state index is 13.4. The lowest BCUT2D eigenvalue weighted by molar-refractivity contribution is -0.384. The number of carbonyl (C=O) groups is 1. The summed E-state index contributed by atoms with van der Waals surface area (Å²) in [6, 6.07) is 12.0. The van der Waals surface area contributed by atoms with Gasteiger partial charge in [-0.05, 0) is 36.6 Å². The second-order valence-corrected chi connectivity index (χ2v) is 8.73. The molecule has 0 atom stereocenters. The largest absolute Gasteiger partial charge is 0.379 e. The fraction of sp³-hybridized carbons (Fsp3) is 0.391. The zero-order chi connectivity index (χ0) is 22.5. The standard InChI is InChI=1S/C23H26N4O4S/c1-2-17-7-8-20-21(15-17)32-23(24-20)26(10-4-9-25-11-13-31-14-12-25)22(28)18-5-3-6-19(16-18)27(29)30/h3,5-8,15-16H,2,4,9-14H2,1H3. The summed E-state index contributed by atoms with van der Waals surface area (Å²) in [5, 5.41) is 11.8. The number of fused-ring (bicyclic) bond motifs is 1. The highest BCUT2D eigenvalue weighted by atomic mass is 32.1. The number of non-ortho nitro benzene ring substituents is 1. The van der Waals surface area contributed by atoms with Gasteiger partial charge in [0.25, 0.3) is 11.6 Å². The topological polar surface area (TPSA) is 88.8 Å². The van der Waals surface area contributed by atoms with Crippen LogP contribution in [0.5, 0.6) is 0 Å². The molecule has 32 heavy (non-hydrogen) atoms. The number of anilines is 1. The molecule has 2 heterocycles. The number of morpholine rings is 1. The van der Waals surface area contributed by atoms with Crippen LogP contribution in [0.25, 0.3) is 10.2 Å². The molecule has 0 saturated carbocycles. The van der Waals surface area contributed by atoms with Crippen molar-refractivity contribution in [1.29, 1.82) is 0 Å². The number of nitro groups is 1. The van der Waals surface area contributed by atoms with Crippen molar-refractivity contribution in [3.05, 3.63) is 63.7 Å². The number of nitro benzene ring substituents is 1. The Bertz CT molecular complexity index is 1110. The fourth-order valence-electron chi connectivity index (χ4n) is 3.76. The molecule has 0 radical (unpaired) electrons. The number of carbonyl (C=O) groups excluding carboxylic acids is 1. The summed E-state index contributed by atoms with van der Waals surface area (Å²) in [6.07, 6.45) is 1.70. The van der Waals surface area contributed by atoms with E-state index in [-0.39, 0.29) is 11.6 Å². The van der Waals surface area contributed by atoms with Crippen LogP contribution in [0.1, 0.15) is 29.3 Å². The van der Waals surface area contributed by atoms with Crippen molar-refractivity contribution < 1.29 is 14.5 Å². The van der Waals surface area contributed by atoms with Gasteiger partial charge in [-0.3, -0.25) is 24.7 Å². The van der Waals surface area contributed by atoms with Gasteiger partial charge in [-0.2, -0.15) is 0 Å². The number of aryl methyl sites for hydroxylation is 1. The lowest BCUT2D eigenvalue weighted by Gasteiger charge is -2.27. The molecule has 9 heteroatoms. The Balaban J connectivity index is 1.60. The maximum absolute atomic E-state index is 13.4. The molecular weight excluding hydrogens is 428 g/mol. The summed E-state index contributed by atoms with van der Waals surface area (Å²) in [5.41, 5.74) is 2.27. The van der Waals surface area contributed by atoms with E-state index in [4.69, 9.17) is 9.72 Å². The van der Waals surface area contributed by atoms with Crippen LogP contribution in [0.15, 0.2) is 42.5 Å². The molecule has 4 rings (SSSR count). The third-order valence-electron chi connectivity index (χ3n) is 5.59. The van der Waals surface area contributed by atoms with Crippen molar-refractivity contribution in [2.24, 2.45) is 0 Å². The van der Waals surface area contributed by atoms with Gasteiger partial charge in [-0.1, -0.05) is 30.4 Å². The molecule has 3 aromatic rings. The molecule has 1 aliphatic heterocycles. The molecule has 168 valence electrons. The van der Waals surface area contributed by atoms with Crippen LogP contribution in [-0.2, 0) is 11.2 Å². The minimum absolute atomic E-state index is 0.0963. The second kappa shape index (κ2) is 10.2. The number of nitrogens with zero attached hydrogens (tertiary/aromatic N) is 4. The summed E-state index contributed by atoms with van der Waals surface area (Å²) in [5.74, 6) is -0.273. The summed E-state index contributed by atoms with van der Waals surface area (Å²) in [6.45, 7) is 6.68. The van der Waals surface area contributed by atoms with Gasteiger partial charge in [0.15, 0.2) is 5.13 Å². The van der Waals surface area contributed by atoms with Crippen LogP contribution in [0.4, 0.5) is 10.8 Å². The predicted molar refractivity (Wildman–Crippen MR) is 126 cm³/mol. The molecule has 0 unspecified atom stereocenters. The molecule has 8 nitrogen and oxygen atoms in total. The van der Waals surface area contributed by atoms with Crippen molar-refractivity contribution >= 4 is 38.3 Å². The highest BCUT2D eigenvalue weighted by molar-refractivity contribution is 7.22. The van der Waals surface area contributed by atoms with Crippen molar-refractivity contribution in [3.8, 4) is 0 Å². The van der Waals surface area contributed by atoms with E-state index in [0.29, 0.717) is 17.2 Å². The van der Waals surface area contributed by atoms with E-state index in [2.05, 4.69) is 24.0 Å². The second-order valence-electron chi connectivity index (χ2n) is 7.72. The summed E-state index contributed by atoms with van der Waals surface area (Å²) >= 11 is 1.48. The number of amides is 1. The number of rotatable bonds is 8. The molecule has 1 fully saturated rings. The van der Waals surface area contributed by atoms with E-state index in [9.17, 15) is 14.9 Å². The smallest absolute Gasteiger partial charge is 0.270 e. The normalized spacial score (nSPS) is 14.5. The average Bonchev–Trinajstić information content (AvgIpc) is 3.25. The maximum Gasteiger partial charge on any atom is 0.270 e. The first kappa shape index (κ1) is 22.3.